The topological polar surface area (TPSA) is 62.5 Å². The van der Waals surface area contributed by atoms with Gasteiger partial charge in [-0.2, -0.15) is 0 Å². The Bertz CT molecular complexity index is 332. The van der Waals surface area contributed by atoms with E-state index in [1.165, 1.54) is 10.6 Å². The molecule has 0 bridgehead atoms. The lowest BCUT2D eigenvalue weighted by Gasteiger charge is -2.12. The molecule has 0 aromatic carbocycles. The summed E-state index contributed by atoms with van der Waals surface area (Å²) >= 11 is 0. The summed E-state index contributed by atoms with van der Waals surface area (Å²) in [6, 6.07) is 4.88. The minimum atomic E-state index is -0.876. The predicted molar refractivity (Wildman–Crippen MR) is 48.5 cm³/mol. The van der Waals surface area contributed by atoms with Gasteiger partial charge in [-0.3, -0.25) is 4.79 Å². The molecule has 2 N–H and O–H groups in total. The zero-order valence-corrected chi connectivity index (χ0v) is 7.47. The summed E-state index contributed by atoms with van der Waals surface area (Å²) in [5.41, 5.74) is 0.618. The average Bonchev–Trinajstić information content (AvgIpc) is 2.11. The van der Waals surface area contributed by atoms with Crippen molar-refractivity contribution in [3.05, 3.63) is 34.2 Å². The van der Waals surface area contributed by atoms with Crippen LogP contribution in [0.4, 0.5) is 0 Å². The molecule has 0 aliphatic heterocycles. The van der Waals surface area contributed by atoms with E-state index in [9.17, 15) is 4.79 Å². The molecule has 0 fully saturated rings. The van der Waals surface area contributed by atoms with Gasteiger partial charge in [0.15, 0.2) is 0 Å². The fraction of sp³-hybridized carbons (Fsp3) is 0.444. The third-order valence-corrected chi connectivity index (χ3v) is 1.87. The highest BCUT2D eigenvalue weighted by Gasteiger charge is 2.05. The van der Waals surface area contributed by atoms with Crippen LogP contribution in [0.2, 0.25) is 0 Å². The van der Waals surface area contributed by atoms with Crippen molar-refractivity contribution in [2.45, 2.75) is 19.6 Å². The van der Waals surface area contributed by atoms with Gasteiger partial charge in [-0.25, -0.2) is 0 Å². The van der Waals surface area contributed by atoms with E-state index in [0.717, 1.165) is 5.69 Å². The van der Waals surface area contributed by atoms with Gasteiger partial charge in [-0.1, -0.05) is 6.07 Å². The highest BCUT2D eigenvalue weighted by molar-refractivity contribution is 5.04. The molecule has 13 heavy (non-hydrogen) atoms. The van der Waals surface area contributed by atoms with Crippen LogP contribution in [-0.2, 0) is 6.54 Å². The maximum Gasteiger partial charge on any atom is 0.250 e. The predicted octanol–water partition coefficient (Wildman–Crippen LogP) is -0.490. The highest BCUT2D eigenvalue weighted by atomic mass is 16.3. The normalized spacial score (nSPS) is 12.8. The van der Waals surface area contributed by atoms with Crippen molar-refractivity contribution in [1.82, 2.24) is 4.57 Å². The molecular weight excluding hydrogens is 170 g/mol. The van der Waals surface area contributed by atoms with Gasteiger partial charge >= 0.3 is 0 Å². The number of hydrogen-bond acceptors (Lipinski definition) is 3. The van der Waals surface area contributed by atoms with Crippen LogP contribution in [0.25, 0.3) is 0 Å². The number of aromatic nitrogens is 1. The first-order chi connectivity index (χ1) is 6.15. The van der Waals surface area contributed by atoms with Gasteiger partial charge in [0, 0.05) is 11.8 Å². The van der Waals surface area contributed by atoms with Gasteiger partial charge < -0.3 is 14.8 Å². The molecule has 0 radical (unpaired) electrons. The lowest BCUT2D eigenvalue weighted by atomic mass is 10.3. The first kappa shape index (κ1) is 9.95. The largest absolute Gasteiger partial charge is 0.394 e. The smallest absolute Gasteiger partial charge is 0.250 e. The Morgan fingerprint density at radius 2 is 2.23 bits per heavy atom. The summed E-state index contributed by atoms with van der Waals surface area (Å²) in [7, 11) is 0. The molecule has 0 spiro atoms. The van der Waals surface area contributed by atoms with Crippen molar-refractivity contribution in [2.75, 3.05) is 6.61 Å². The van der Waals surface area contributed by atoms with Crippen LogP contribution in [0.1, 0.15) is 5.69 Å². The van der Waals surface area contributed by atoms with E-state index in [2.05, 4.69) is 0 Å². The van der Waals surface area contributed by atoms with Crippen molar-refractivity contribution in [3.8, 4) is 0 Å². The molecule has 1 atom stereocenters. The Hall–Kier alpha value is -1.13. The summed E-state index contributed by atoms with van der Waals surface area (Å²) in [6.45, 7) is 1.59. The molecule has 72 valence electrons. The van der Waals surface area contributed by atoms with E-state index >= 15 is 0 Å². The van der Waals surface area contributed by atoms with E-state index in [1.807, 2.05) is 0 Å². The monoisotopic (exact) mass is 183 g/mol. The number of aliphatic hydroxyl groups excluding tert-OH is 2. The van der Waals surface area contributed by atoms with E-state index < -0.39 is 6.10 Å². The Morgan fingerprint density at radius 1 is 1.54 bits per heavy atom. The molecule has 4 nitrogen and oxygen atoms in total. The van der Waals surface area contributed by atoms with Gasteiger partial charge in [0.05, 0.1) is 19.3 Å². The van der Waals surface area contributed by atoms with Crippen molar-refractivity contribution in [1.29, 1.82) is 0 Å². The second-order valence-electron chi connectivity index (χ2n) is 2.95. The number of pyridine rings is 1. The van der Waals surface area contributed by atoms with Gasteiger partial charge in [0.2, 0.25) is 0 Å². The molecule has 1 aromatic heterocycles. The molecule has 0 aliphatic rings. The second-order valence-corrected chi connectivity index (χ2v) is 2.95. The maximum absolute atomic E-state index is 11.3. The summed E-state index contributed by atoms with van der Waals surface area (Å²) in [5.74, 6) is 0. The van der Waals surface area contributed by atoms with Crippen molar-refractivity contribution < 1.29 is 10.2 Å². The molecular formula is C9H13NO3. The molecule has 1 rings (SSSR count). The minimum Gasteiger partial charge on any atom is -0.394 e. The number of rotatable bonds is 3. The first-order valence-corrected chi connectivity index (χ1v) is 4.10. The molecule has 1 unspecified atom stereocenters. The second kappa shape index (κ2) is 4.20. The van der Waals surface area contributed by atoms with Crippen LogP contribution in [0.3, 0.4) is 0 Å². The van der Waals surface area contributed by atoms with Crippen LogP contribution in [-0.4, -0.2) is 27.5 Å². The minimum absolute atomic E-state index is 0.141. The third kappa shape index (κ3) is 2.40. The van der Waals surface area contributed by atoms with E-state index in [4.69, 9.17) is 10.2 Å². The fourth-order valence-electron chi connectivity index (χ4n) is 1.13. The number of hydrogen-bond donors (Lipinski definition) is 2. The van der Waals surface area contributed by atoms with E-state index in [0.29, 0.717) is 0 Å². The zero-order valence-electron chi connectivity index (χ0n) is 7.47. The molecule has 1 heterocycles. The maximum atomic E-state index is 11.3. The number of nitrogens with zero attached hydrogens (tertiary/aromatic N) is 1. The Morgan fingerprint density at radius 3 is 2.77 bits per heavy atom. The number of aliphatic hydroxyl groups is 2. The zero-order chi connectivity index (χ0) is 9.84. The Kier molecular flexibility index (Phi) is 3.22. The van der Waals surface area contributed by atoms with E-state index in [1.54, 1.807) is 19.1 Å². The summed E-state index contributed by atoms with van der Waals surface area (Å²) in [6.07, 6.45) is -0.876. The molecule has 4 heteroatoms. The van der Waals surface area contributed by atoms with Gasteiger partial charge in [-0.15, -0.1) is 0 Å². The van der Waals surface area contributed by atoms with Gasteiger partial charge in [0.25, 0.3) is 5.56 Å². The molecule has 1 aromatic rings. The van der Waals surface area contributed by atoms with Crippen LogP contribution >= 0.6 is 0 Å². The van der Waals surface area contributed by atoms with Crippen molar-refractivity contribution in [3.63, 3.8) is 0 Å². The third-order valence-electron chi connectivity index (χ3n) is 1.87. The molecule has 0 amide bonds. The lowest BCUT2D eigenvalue weighted by molar-refractivity contribution is 0.0799. The number of aryl methyl sites for hydroxylation is 1. The Balaban J connectivity index is 2.93. The van der Waals surface area contributed by atoms with Crippen molar-refractivity contribution in [2.24, 2.45) is 0 Å². The van der Waals surface area contributed by atoms with E-state index in [-0.39, 0.29) is 18.7 Å². The summed E-state index contributed by atoms with van der Waals surface area (Å²) in [5, 5.41) is 17.8. The van der Waals surface area contributed by atoms with Crippen LogP contribution in [0.15, 0.2) is 23.0 Å². The quantitative estimate of drug-likeness (QED) is 0.664. The first-order valence-electron chi connectivity index (χ1n) is 4.10. The summed E-state index contributed by atoms with van der Waals surface area (Å²) < 4.78 is 1.43. The van der Waals surface area contributed by atoms with Crippen LogP contribution in [0, 0.1) is 6.92 Å². The standard InChI is InChI=1S/C9H13NO3/c1-7-3-2-4-9(13)10(7)5-8(12)6-11/h2-4,8,11-12H,5-6H2,1H3. The average molecular weight is 183 g/mol. The SMILES string of the molecule is Cc1cccc(=O)n1CC(O)CO. The Labute approximate surface area is 76.1 Å². The molecule has 0 saturated carbocycles. The van der Waals surface area contributed by atoms with Gasteiger partial charge in [-0.05, 0) is 13.0 Å². The lowest BCUT2D eigenvalue weighted by Crippen LogP contribution is -2.29. The van der Waals surface area contributed by atoms with Crippen LogP contribution < -0.4 is 5.56 Å². The fourth-order valence-corrected chi connectivity index (χ4v) is 1.13. The van der Waals surface area contributed by atoms with Crippen molar-refractivity contribution >= 4 is 0 Å². The molecule has 0 aliphatic carbocycles. The highest BCUT2D eigenvalue weighted by Crippen LogP contribution is 1.95. The van der Waals surface area contributed by atoms with Crippen LogP contribution in [0.5, 0.6) is 0 Å². The van der Waals surface area contributed by atoms with Gasteiger partial charge in [0.1, 0.15) is 0 Å². The molecule has 0 saturated heterocycles. The summed E-state index contributed by atoms with van der Waals surface area (Å²) in [4.78, 5) is 11.3.